The Morgan fingerprint density at radius 1 is 1.33 bits per heavy atom. The summed E-state index contributed by atoms with van der Waals surface area (Å²) in [5, 5.41) is 17.7. The van der Waals surface area contributed by atoms with Crippen LogP contribution >= 0.6 is 0 Å². The van der Waals surface area contributed by atoms with Gasteiger partial charge in [0.2, 0.25) is 0 Å². The molecule has 0 aromatic heterocycles. The number of aldehydes is 1. The average molecular weight is 250 g/mol. The number of benzene rings is 1. The van der Waals surface area contributed by atoms with Crippen molar-refractivity contribution < 1.29 is 24.6 Å². The zero-order valence-corrected chi connectivity index (χ0v) is 9.92. The molecule has 0 bridgehead atoms. The minimum atomic E-state index is -1.15. The van der Waals surface area contributed by atoms with Gasteiger partial charge in [0.1, 0.15) is 6.29 Å². The molecule has 0 saturated carbocycles. The second-order valence-corrected chi connectivity index (χ2v) is 4.18. The van der Waals surface area contributed by atoms with Gasteiger partial charge in [-0.3, -0.25) is 4.79 Å². The molecule has 0 aliphatic carbocycles. The van der Waals surface area contributed by atoms with Gasteiger partial charge in [-0.15, -0.1) is 0 Å². The molecule has 0 aliphatic rings. The fourth-order valence-corrected chi connectivity index (χ4v) is 1.71. The fraction of sp³-hybridized carbons (Fsp3) is 0.308. The molecule has 1 atom stereocenters. The highest BCUT2D eigenvalue weighted by atomic mass is 16.4. The van der Waals surface area contributed by atoms with Gasteiger partial charge in [0, 0.05) is 5.92 Å². The third kappa shape index (κ3) is 3.69. The number of carboxylic acids is 2. The minimum absolute atomic E-state index is 0.0140. The zero-order chi connectivity index (χ0) is 13.7. The van der Waals surface area contributed by atoms with Gasteiger partial charge in [-0.1, -0.05) is 19.1 Å². The summed E-state index contributed by atoms with van der Waals surface area (Å²) in [6.45, 7) is 1.75. The van der Waals surface area contributed by atoms with Gasteiger partial charge < -0.3 is 15.0 Å². The van der Waals surface area contributed by atoms with Crippen molar-refractivity contribution in [3.8, 4) is 0 Å². The summed E-state index contributed by atoms with van der Waals surface area (Å²) < 4.78 is 0. The molecule has 0 aliphatic heterocycles. The van der Waals surface area contributed by atoms with E-state index < -0.39 is 11.9 Å². The van der Waals surface area contributed by atoms with E-state index >= 15 is 0 Å². The van der Waals surface area contributed by atoms with E-state index in [2.05, 4.69) is 0 Å². The maximum atomic E-state index is 10.9. The number of rotatable bonds is 6. The number of aliphatic carboxylic acids is 1. The Bertz CT molecular complexity index is 478. The van der Waals surface area contributed by atoms with Gasteiger partial charge in [0.15, 0.2) is 0 Å². The number of carbonyl (C=O) groups is 3. The molecule has 18 heavy (non-hydrogen) atoms. The van der Waals surface area contributed by atoms with Crippen molar-refractivity contribution in [2.45, 2.75) is 19.8 Å². The van der Waals surface area contributed by atoms with Crippen LogP contribution in [0.4, 0.5) is 0 Å². The number of carboxylic acid groups (broad SMARTS) is 2. The lowest BCUT2D eigenvalue weighted by Crippen LogP contribution is -2.09. The van der Waals surface area contributed by atoms with E-state index in [1.807, 2.05) is 0 Å². The largest absolute Gasteiger partial charge is 0.481 e. The van der Waals surface area contributed by atoms with Crippen LogP contribution in [0.2, 0.25) is 0 Å². The molecular weight excluding hydrogens is 236 g/mol. The molecule has 0 saturated heterocycles. The monoisotopic (exact) mass is 250 g/mol. The maximum Gasteiger partial charge on any atom is 0.335 e. The third-order valence-electron chi connectivity index (χ3n) is 2.53. The molecule has 96 valence electrons. The molecule has 1 rings (SSSR count). The molecule has 1 aromatic rings. The number of hydrogen-bond donors (Lipinski definition) is 2. The smallest absolute Gasteiger partial charge is 0.335 e. The summed E-state index contributed by atoms with van der Waals surface area (Å²) in [7, 11) is 0. The standard InChI is InChI=1S/C13H14O5/c1-8(7-14)4-9-2-3-11(13(17)18)10(5-9)6-12(15)16/h2-3,5,7-8H,4,6H2,1H3,(H,15,16)(H,17,18). The van der Waals surface area contributed by atoms with Gasteiger partial charge in [-0.25, -0.2) is 4.79 Å². The Morgan fingerprint density at radius 3 is 2.50 bits per heavy atom. The van der Waals surface area contributed by atoms with Crippen molar-refractivity contribution in [2.75, 3.05) is 0 Å². The Labute approximate surface area is 104 Å². The first-order valence-electron chi connectivity index (χ1n) is 5.46. The van der Waals surface area contributed by atoms with Crippen LogP contribution < -0.4 is 0 Å². The average Bonchev–Trinajstić information content (AvgIpc) is 2.27. The van der Waals surface area contributed by atoms with Crippen LogP contribution in [-0.4, -0.2) is 28.4 Å². The van der Waals surface area contributed by atoms with Crippen molar-refractivity contribution in [1.29, 1.82) is 0 Å². The quantitative estimate of drug-likeness (QED) is 0.744. The third-order valence-corrected chi connectivity index (χ3v) is 2.53. The summed E-state index contributed by atoms with van der Waals surface area (Å²) in [6, 6.07) is 4.53. The second-order valence-electron chi connectivity index (χ2n) is 4.18. The van der Waals surface area contributed by atoms with Crippen molar-refractivity contribution in [2.24, 2.45) is 5.92 Å². The number of carbonyl (C=O) groups excluding carboxylic acids is 1. The van der Waals surface area contributed by atoms with Crippen molar-refractivity contribution in [3.05, 3.63) is 34.9 Å². The van der Waals surface area contributed by atoms with Gasteiger partial charge in [0.05, 0.1) is 12.0 Å². The maximum absolute atomic E-state index is 10.9. The topological polar surface area (TPSA) is 91.7 Å². The normalized spacial score (nSPS) is 11.8. The first kappa shape index (κ1) is 13.9. The summed E-state index contributed by atoms with van der Waals surface area (Å²) in [6.07, 6.45) is 0.933. The molecular formula is C13H14O5. The van der Waals surface area contributed by atoms with Gasteiger partial charge in [-0.2, -0.15) is 0 Å². The number of hydrogen-bond acceptors (Lipinski definition) is 3. The van der Waals surface area contributed by atoms with E-state index in [1.165, 1.54) is 12.1 Å². The molecule has 0 heterocycles. The Kier molecular flexibility index (Phi) is 4.59. The molecule has 5 heteroatoms. The SMILES string of the molecule is CC(C=O)Cc1ccc(C(=O)O)c(CC(=O)O)c1. The summed E-state index contributed by atoms with van der Waals surface area (Å²) in [5.74, 6) is -2.42. The summed E-state index contributed by atoms with van der Waals surface area (Å²) in [5.41, 5.74) is 1.00. The molecule has 0 amide bonds. The molecule has 0 radical (unpaired) electrons. The van der Waals surface area contributed by atoms with Crippen LogP contribution in [0.15, 0.2) is 18.2 Å². The summed E-state index contributed by atoms with van der Waals surface area (Å²) >= 11 is 0. The lowest BCUT2D eigenvalue weighted by atomic mass is 9.96. The molecule has 5 nitrogen and oxygen atoms in total. The van der Waals surface area contributed by atoms with E-state index in [0.717, 1.165) is 11.8 Å². The van der Waals surface area contributed by atoms with Crippen LogP contribution in [0.5, 0.6) is 0 Å². The highest BCUT2D eigenvalue weighted by Gasteiger charge is 2.14. The molecule has 2 N–H and O–H groups in total. The van der Waals surface area contributed by atoms with E-state index in [1.54, 1.807) is 13.0 Å². The highest BCUT2D eigenvalue weighted by Crippen LogP contribution is 2.16. The van der Waals surface area contributed by atoms with Crippen molar-refractivity contribution >= 4 is 18.2 Å². The fourth-order valence-electron chi connectivity index (χ4n) is 1.71. The molecule has 1 aromatic carbocycles. The van der Waals surface area contributed by atoms with Crippen LogP contribution in [0.3, 0.4) is 0 Å². The Morgan fingerprint density at radius 2 is 2.00 bits per heavy atom. The summed E-state index contributed by atoms with van der Waals surface area (Å²) in [4.78, 5) is 32.2. The first-order valence-corrected chi connectivity index (χ1v) is 5.46. The van der Waals surface area contributed by atoms with Gasteiger partial charge in [-0.05, 0) is 23.6 Å². The lowest BCUT2D eigenvalue weighted by molar-refractivity contribution is -0.136. The molecule has 0 spiro atoms. The van der Waals surface area contributed by atoms with Crippen molar-refractivity contribution in [1.82, 2.24) is 0 Å². The predicted molar refractivity (Wildman–Crippen MR) is 63.7 cm³/mol. The highest BCUT2D eigenvalue weighted by molar-refractivity contribution is 5.91. The predicted octanol–water partition coefficient (Wildman–Crippen LogP) is 1.39. The van der Waals surface area contributed by atoms with Gasteiger partial charge >= 0.3 is 11.9 Å². The first-order chi connectivity index (χ1) is 8.43. The van der Waals surface area contributed by atoms with Crippen LogP contribution in [-0.2, 0) is 22.4 Å². The van der Waals surface area contributed by atoms with E-state index in [4.69, 9.17) is 10.2 Å². The van der Waals surface area contributed by atoms with E-state index in [9.17, 15) is 14.4 Å². The van der Waals surface area contributed by atoms with Gasteiger partial charge in [0.25, 0.3) is 0 Å². The number of aromatic carboxylic acids is 1. The van der Waals surface area contributed by atoms with Crippen LogP contribution in [0.25, 0.3) is 0 Å². The minimum Gasteiger partial charge on any atom is -0.481 e. The lowest BCUT2D eigenvalue weighted by Gasteiger charge is -2.08. The Hall–Kier alpha value is -2.17. The zero-order valence-electron chi connectivity index (χ0n) is 9.92. The molecule has 1 unspecified atom stereocenters. The van der Waals surface area contributed by atoms with Crippen LogP contribution in [0, 0.1) is 5.92 Å². The van der Waals surface area contributed by atoms with Crippen molar-refractivity contribution in [3.63, 3.8) is 0 Å². The second kappa shape index (κ2) is 5.95. The van der Waals surface area contributed by atoms with E-state index in [-0.39, 0.29) is 23.5 Å². The molecule has 0 fully saturated rings. The Balaban J connectivity index is 3.08. The van der Waals surface area contributed by atoms with E-state index in [0.29, 0.717) is 6.42 Å². The van der Waals surface area contributed by atoms with Crippen LogP contribution in [0.1, 0.15) is 28.4 Å².